The van der Waals surface area contributed by atoms with E-state index in [1.165, 1.54) is 36.9 Å². The van der Waals surface area contributed by atoms with Crippen LogP contribution in [0.1, 0.15) is 61.9 Å². The van der Waals surface area contributed by atoms with Gasteiger partial charge in [0, 0.05) is 30.0 Å². The van der Waals surface area contributed by atoms with Gasteiger partial charge in [0.2, 0.25) is 0 Å². The van der Waals surface area contributed by atoms with Gasteiger partial charge < -0.3 is 10.1 Å². The summed E-state index contributed by atoms with van der Waals surface area (Å²) in [6.07, 6.45) is 8.40. The van der Waals surface area contributed by atoms with Crippen LogP contribution < -0.4 is 5.32 Å². The number of aryl methyl sites for hydroxylation is 1. The summed E-state index contributed by atoms with van der Waals surface area (Å²) in [6, 6.07) is 17.2. The minimum Gasteiger partial charge on any atom is -0.375 e. The lowest BCUT2D eigenvalue weighted by molar-refractivity contribution is -0.104. The number of ether oxygens (including phenoxy) is 1. The quantitative estimate of drug-likeness (QED) is 0.738. The monoisotopic (exact) mass is 364 g/mol. The Morgan fingerprint density at radius 1 is 1.00 bits per heavy atom. The fourth-order valence-electron chi connectivity index (χ4n) is 5.11. The number of hydrogen-bond acceptors (Lipinski definition) is 3. The molecule has 1 saturated heterocycles. The van der Waals surface area contributed by atoms with Crippen molar-refractivity contribution in [3.05, 3.63) is 65.5 Å². The number of nitrogens with zero attached hydrogens (tertiary/aromatic N) is 1. The third kappa shape index (κ3) is 4.25. The van der Waals surface area contributed by atoms with Gasteiger partial charge in [0.05, 0.1) is 5.60 Å². The Morgan fingerprint density at radius 3 is 2.59 bits per heavy atom. The first-order valence-corrected chi connectivity index (χ1v) is 10.5. The predicted molar refractivity (Wildman–Crippen MR) is 110 cm³/mol. The summed E-state index contributed by atoms with van der Waals surface area (Å²) in [5.41, 5.74) is 3.98. The van der Waals surface area contributed by atoms with E-state index < -0.39 is 0 Å². The lowest BCUT2D eigenvalue weighted by Crippen LogP contribution is -2.47. The molecule has 1 spiro atoms. The number of hydrogen-bond donors (Lipinski definition) is 1. The molecule has 144 valence electrons. The molecule has 1 unspecified atom stereocenters. The molecule has 27 heavy (non-hydrogen) atoms. The molecular weight excluding hydrogens is 332 g/mol. The van der Waals surface area contributed by atoms with Gasteiger partial charge in [-0.2, -0.15) is 0 Å². The number of rotatable bonds is 6. The predicted octanol–water partition coefficient (Wildman–Crippen LogP) is 4.93. The van der Waals surface area contributed by atoms with E-state index >= 15 is 0 Å². The number of benzene rings is 1. The zero-order valence-corrected chi connectivity index (χ0v) is 16.5. The summed E-state index contributed by atoms with van der Waals surface area (Å²) < 4.78 is 6.36. The van der Waals surface area contributed by atoms with E-state index in [2.05, 4.69) is 60.8 Å². The van der Waals surface area contributed by atoms with Crippen LogP contribution in [0.15, 0.2) is 48.5 Å². The van der Waals surface area contributed by atoms with Crippen LogP contribution in [0, 0.1) is 6.92 Å². The molecule has 1 aromatic heterocycles. The van der Waals surface area contributed by atoms with Crippen molar-refractivity contribution in [1.29, 1.82) is 0 Å². The van der Waals surface area contributed by atoms with Gasteiger partial charge in [-0.1, -0.05) is 49.2 Å². The van der Waals surface area contributed by atoms with Crippen molar-refractivity contribution in [2.24, 2.45) is 0 Å². The molecular formula is C24H32N2O. The zero-order valence-electron chi connectivity index (χ0n) is 16.5. The lowest BCUT2D eigenvalue weighted by atomic mass is 9.68. The van der Waals surface area contributed by atoms with Crippen molar-refractivity contribution in [2.75, 3.05) is 13.2 Å². The van der Waals surface area contributed by atoms with Crippen LogP contribution in [0.5, 0.6) is 0 Å². The average Bonchev–Trinajstić information content (AvgIpc) is 3.13. The molecule has 2 aliphatic rings. The molecule has 2 aromatic rings. The van der Waals surface area contributed by atoms with Crippen LogP contribution >= 0.6 is 0 Å². The number of aromatic nitrogens is 1. The van der Waals surface area contributed by atoms with Gasteiger partial charge in [0.15, 0.2) is 0 Å². The smallest absolute Gasteiger partial charge is 0.0691 e. The Labute approximate surface area is 163 Å². The fraction of sp³-hybridized carbons (Fsp3) is 0.542. The highest BCUT2D eigenvalue weighted by Gasteiger charge is 2.48. The average molecular weight is 365 g/mol. The van der Waals surface area contributed by atoms with Crippen LogP contribution in [-0.2, 0) is 16.7 Å². The Kier molecular flexibility index (Phi) is 5.60. The summed E-state index contributed by atoms with van der Waals surface area (Å²) in [4.78, 5) is 4.98. The van der Waals surface area contributed by atoms with Crippen LogP contribution in [0.3, 0.4) is 0 Å². The first-order valence-electron chi connectivity index (χ1n) is 10.5. The fourth-order valence-corrected chi connectivity index (χ4v) is 5.11. The molecule has 1 aromatic carbocycles. The molecule has 1 aliphatic heterocycles. The molecule has 1 N–H and O–H groups in total. The molecule has 0 radical (unpaired) electrons. The Hall–Kier alpha value is -1.71. The van der Waals surface area contributed by atoms with Gasteiger partial charge in [-0.15, -0.1) is 0 Å². The Morgan fingerprint density at radius 2 is 1.81 bits per heavy atom. The number of nitrogens with one attached hydrogen (secondary N) is 1. The Balaban J connectivity index is 1.49. The van der Waals surface area contributed by atoms with E-state index in [-0.39, 0.29) is 11.0 Å². The van der Waals surface area contributed by atoms with Crippen molar-refractivity contribution in [2.45, 2.75) is 69.4 Å². The van der Waals surface area contributed by atoms with Crippen molar-refractivity contribution >= 4 is 0 Å². The highest BCUT2D eigenvalue weighted by molar-refractivity contribution is 5.23. The van der Waals surface area contributed by atoms with E-state index in [9.17, 15) is 0 Å². The maximum Gasteiger partial charge on any atom is 0.0691 e. The van der Waals surface area contributed by atoms with E-state index in [1.54, 1.807) is 0 Å². The highest BCUT2D eigenvalue weighted by atomic mass is 16.5. The third-order valence-corrected chi connectivity index (χ3v) is 6.55. The SMILES string of the molecule is Cc1cccc(C2(CCNCc3ccccc3)CCOC3(CCCC3)C2)n1. The zero-order chi connectivity index (χ0) is 18.6. The standard InChI is InChI=1S/C24H32N2O/c1-20-8-7-11-22(26-20)23(14-16-25-18-21-9-3-2-4-10-21)15-17-27-24(19-23)12-5-6-13-24/h2-4,7-11,25H,5-6,12-19H2,1H3. The highest BCUT2D eigenvalue weighted by Crippen LogP contribution is 2.49. The molecule has 1 aliphatic carbocycles. The summed E-state index contributed by atoms with van der Waals surface area (Å²) in [5.74, 6) is 0. The molecule has 2 heterocycles. The van der Waals surface area contributed by atoms with E-state index in [0.29, 0.717) is 0 Å². The maximum absolute atomic E-state index is 6.36. The van der Waals surface area contributed by atoms with Gasteiger partial charge in [-0.3, -0.25) is 4.98 Å². The summed E-state index contributed by atoms with van der Waals surface area (Å²) >= 11 is 0. The van der Waals surface area contributed by atoms with Gasteiger partial charge >= 0.3 is 0 Å². The van der Waals surface area contributed by atoms with Gasteiger partial charge in [0.1, 0.15) is 0 Å². The summed E-state index contributed by atoms with van der Waals surface area (Å²) in [7, 11) is 0. The topological polar surface area (TPSA) is 34.1 Å². The first kappa shape index (κ1) is 18.6. The third-order valence-electron chi connectivity index (χ3n) is 6.55. The van der Waals surface area contributed by atoms with Gasteiger partial charge in [-0.05, 0) is 63.3 Å². The van der Waals surface area contributed by atoms with Crippen molar-refractivity contribution in [3.63, 3.8) is 0 Å². The Bertz CT molecular complexity index is 739. The van der Waals surface area contributed by atoms with Crippen LogP contribution in [0.4, 0.5) is 0 Å². The first-order chi connectivity index (χ1) is 13.2. The van der Waals surface area contributed by atoms with E-state index in [4.69, 9.17) is 9.72 Å². The molecule has 4 rings (SSSR count). The van der Waals surface area contributed by atoms with Gasteiger partial charge in [-0.25, -0.2) is 0 Å². The van der Waals surface area contributed by atoms with E-state index in [1.807, 2.05) is 0 Å². The lowest BCUT2D eigenvalue weighted by Gasteiger charge is -2.46. The summed E-state index contributed by atoms with van der Waals surface area (Å²) in [6.45, 7) is 4.92. The largest absolute Gasteiger partial charge is 0.375 e. The van der Waals surface area contributed by atoms with Crippen molar-refractivity contribution < 1.29 is 4.74 Å². The molecule has 2 fully saturated rings. The maximum atomic E-state index is 6.36. The minimum atomic E-state index is 0.100. The molecule has 0 bridgehead atoms. The molecule has 0 amide bonds. The van der Waals surface area contributed by atoms with Crippen LogP contribution in [-0.4, -0.2) is 23.7 Å². The molecule has 3 heteroatoms. The van der Waals surface area contributed by atoms with Crippen molar-refractivity contribution in [1.82, 2.24) is 10.3 Å². The molecule has 1 atom stereocenters. The van der Waals surface area contributed by atoms with E-state index in [0.717, 1.165) is 44.7 Å². The van der Waals surface area contributed by atoms with Crippen LogP contribution in [0.2, 0.25) is 0 Å². The normalized spacial score (nSPS) is 24.3. The second-order valence-electron chi connectivity index (χ2n) is 8.52. The second-order valence-corrected chi connectivity index (χ2v) is 8.52. The van der Waals surface area contributed by atoms with Crippen LogP contribution in [0.25, 0.3) is 0 Å². The van der Waals surface area contributed by atoms with Gasteiger partial charge in [0.25, 0.3) is 0 Å². The summed E-state index contributed by atoms with van der Waals surface area (Å²) in [5, 5.41) is 3.67. The number of pyridine rings is 1. The van der Waals surface area contributed by atoms with Crippen molar-refractivity contribution in [3.8, 4) is 0 Å². The molecule has 1 saturated carbocycles. The minimum absolute atomic E-state index is 0.100. The second kappa shape index (κ2) is 8.12. The molecule has 3 nitrogen and oxygen atoms in total.